The largest absolute Gasteiger partial charge is 0.377 e. The summed E-state index contributed by atoms with van der Waals surface area (Å²) >= 11 is 0. The van der Waals surface area contributed by atoms with Crippen molar-refractivity contribution >= 4 is 11.8 Å². The smallest absolute Gasteiger partial charge is 0.241 e. The Morgan fingerprint density at radius 3 is 2.70 bits per heavy atom. The minimum absolute atomic E-state index is 0.0613. The maximum absolute atomic E-state index is 12.4. The van der Waals surface area contributed by atoms with Gasteiger partial charge in [-0.1, -0.05) is 13.8 Å². The Balaban J connectivity index is 1.90. The zero-order chi connectivity index (χ0) is 15.0. The van der Waals surface area contributed by atoms with Gasteiger partial charge in [-0.2, -0.15) is 0 Å². The lowest BCUT2D eigenvalue weighted by atomic mass is 9.48. The Bertz CT molecular complexity index is 410. The van der Waals surface area contributed by atoms with Crippen LogP contribution in [0.5, 0.6) is 0 Å². The second kappa shape index (κ2) is 5.33. The fourth-order valence-corrected chi connectivity index (χ4v) is 3.57. The first-order chi connectivity index (χ1) is 9.35. The van der Waals surface area contributed by atoms with Crippen molar-refractivity contribution in [3.8, 4) is 0 Å². The lowest BCUT2D eigenvalue weighted by Gasteiger charge is -2.60. The van der Waals surface area contributed by atoms with Crippen LogP contribution in [0.3, 0.4) is 0 Å². The molecule has 2 aliphatic rings. The third-order valence-electron chi connectivity index (χ3n) is 4.84. The number of amides is 2. The van der Waals surface area contributed by atoms with Crippen LogP contribution >= 0.6 is 0 Å². The van der Waals surface area contributed by atoms with E-state index in [1.165, 1.54) is 0 Å². The molecule has 2 fully saturated rings. The minimum atomic E-state index is -0.893. The quantitative estimate of drug-likeness (QED) is 0.650. The first-order valence-corrected chi connectivity index (χ1v) is 7.31. The van der Waals surface area contributed by atoms with Crippen LogP contribution in [0.2, 0.25) is 0 Å². The second-order valence-corrected chi connectivity index (χ2v) is 6.24. The molecule has 2 amide bonds. The van der Waals surface area contributed by atoms with Crippen molar-refractivity contribution in [3.63, 3.8) is 0 Å². The van der Waals surface area contributed by atoms with Crippen LogP contribution in [0.25, 0.3) is 0 Å². The number of carbonyl (C=O) groups is 2. The van der Waals surface area contributed by atoms with E-state index in [0.29, 0.717) is 19.7 Å². The van der Waals surface area contributed by atoms with Gasteiger partial charge >= 0.3 is 0 Å². The highest BCUT2D eigenvalue weighted by Gasteiger charge is 2.71. The van der Waals surface area contributed by atoms with Crippen molar-refractivity contribution in [3.05, 3.63) is 0 Å². The van der Waals surface area contributed by atoms with Crippen LogP contribution in [-0.2, 0) is 14.3 Å². The summed E-state index contributed by atoms with van der Waals surface area (Å²) in [7, 11) is 0. The van der Waals surface area contributed by atoms with Crippen molar-refractivity contribution in [1.29, 1.82) is 0 Å². The molecule has 3 unspecified atom stereocenters. The number of rotatable bonds is 5. The number of hydrogen-bond acceptors (Lipinski definition) is 4. The van der Waals surface area contributed by atoms with E-state index in [1.54, 1.807) is 0 Å². The third-order valence-corrected chi connectivity index (χ3v) is 4.84. The predicted octanol–water partition coefficient (Wildman–Crippen LogP) is -0.229. The Labute approximate surface area is 119 Å². The summed E-state index contributed by atoms with van der Waals surface area (Å²) in [6.07, 6.45) is 1.18. The summed E-state index contributed by atoms with van der Waals surface area (Å²) in [6.45, 7) is 7.40. The molecule has 6 heteroatoms. The van der Waals surface area contributed by atoms with Crippen LogP contribution in [0.15, 0.2) is 0 Å². The van der Waals surface area contributed by atoms with E-state index in [0.717, 1.165) is 6.42 Å². The molecule has 0 spiro atoms. The first-order valence-electron chi connectivity index (χ1n) is 7.31. The molecule has 20 heavy (non-hydrogen) atoms. The molecule has 1 aliphatic heterocycles. The van der Waals surface area contributed by atoms with Gasteiger partial charge in [0, 0.05) is 37.5 Å². The average molecular weight is 283 g/mol. The van der Waals surface area contributed by atoms with Crippen molar-refractivity contribution < 1.29 is 14.3 Å². The number of nitrogens with two attached hydrogens (primary N) is 1. The van der Waals surface area contributed by atoms with Crippen LogP contribution < -0.4 is 16.4 Å². The normalized spacial score (nSPS) is 34.0. The summed E-state index contributed by atoms with van der Waals surface area (Å²) < 4.78 is 5.66. The molecule has 1 aliphatic carbocycles. The fraction of sp³-hybridized carbons (Fsp3) is 0.857. The summed E-state index contributed by atoms with van der Waals surface area (Å²) in [4.78, 5) is 23.8. The molecule has 4 N–H and O–H groups in total. The van der Waals surface area contributed by atoms with Gasteiger partial charge in [0.25, 0.3) is 0 Å². The first kappa shape index (κ1) is 15.3. The summed E-state index contributed by atoms with van der Waals surface area (Å²) in [5, 5.41) is 5.50. The molecule has 2 rings (SSSR count). The molecule has 0 radical (unpaired) electrons. The van der Waals surface area contributed by atoms with E-state index in [1.807, 2.05) is 20.8 Å². The van der Waals surface area contributed by atoms with E-state index in [2.05, 4.69) is 10.6 Å². The molecule has 6 nitrogen and oxygen atoms in total. The van der Waals surface area contributed by atoms with Gasteiger partial charge < -0.3 is 21.1 Å². The van der Waals surface area contributed by atoms with Gasteiger partial charge in [-0.05, 0) is 13.3 Å². The molecule has 1 heterocycles. The molecular formula is C14H25N3O3. The summed E-state index contributed by atoms with van der Waals surface area (Å²) in [5.41, 5.74) is 5.13. The van der Waals surface area contributed by atoms with E-state index < -0.39 is 5.54 Å². The van der Waals surface area contributed by atoms with Crippen LogP contribution in [0, 0.1) is 11.3 Å². The molecule has 0 aromatic rings. The van der Waals surface area contributed by atoms with Crippen LogP contribution in [0.1, 0.15) is 33.6 Å². The summed E-state index contributed by atoms with van der Waals surface area (Å²) in [6, 6.07) is 0. The molecule has 0 aromatic carbocycles. The fourth-order valence-electron chi connectivity index (χ4n) is 3.57. The Morgan fingerprint density at radius 1 is 1.35 bits per heavy atom. The van der Waals surface area contributed by atoms with Crippen molar-refractivity contribution in [2.75, 3.05) is 19.7 Å². The van der Waals surface area contributed by atoms with Crippen molar-refractivity contribution in [2.45, 2.75) is 45.3 Å². The van der Waals surface area contributed by atoms with Gasteiger partial charge in [0.15, 0.2) is 0 Å². The zero-order valence-corrected chi connectivity index (χ0v) is 12.5. The molecule has 3 atom stereocenters. The minimum Gasteiger partial charge on any atom is -0.377 e. The molecule has 1 saturated heterocycles. The maximum atomic E-state index is 12.4. The number of hydrogen-bond donors (Lipinski definition) is 3. The molecule has 0 aromatic heterocycles. The average Bonchev–Trinajstić information content (AvgIpc) is 2.85. The highest BCUT2D eigenvalue weighted by Crippen LogP contribution is 2.58. The van der Waals surface area contributed by atoms with E-state index in [4.69, 9.17) is 10.5 Å². The number of fused-ring (bicyclic) bond motifs is 1. The van der Waals surface area contributed by atoms with Crippen LogP contribution in [-0.4, -0.2) is 43.2 Å². The van der Waals surface area contributed by atoms with Gasteiger partial charge in [-0.3, -0.25) is 9.59 Å². The van der Waals surface area contributed by atoms with E-state index in [-0.39, 0.29) is 35.7 Å². The molecular weight excluding hydrogens is 258 g/mol. The highest BCUT2D eigenvalue weighted by atomic mass is 16.5. The monoisotopic (exact) mass is 283 g/mol. The van der Waals surface area contributed by atoms with Gasteiger partial charge in [0.05, 0.1) is 6.10 Å². The Morgan fingerprint density at radius 2 is 2.05 bits per heavy atom. The number of carbonyl (C=O) groups excluding carboxylic acids is 2. The lowest BCUT2D eigenvalue weighted by Crippen LogP contribution is -2.80. The molecule has 114 valence electrons. The van der Waals surface area contributed by atoms with Gasteiger partial charge in [0.2, 0.25) is 11.8 Å². The zero-order valence-electron chi connectivity index (χ0n) is 12.5. The standard InChI is InChI=1S/C14H25N3O3/c1-4-16-10(18)5-7-17-12(19)14(15)9-6-8-20-11(9)13(14,2)3/h9,11H,4-8,15H2,1-3H3,(H,16,18)(H,17,19). The van der Waals surface area contributed by atoms with Gasteiger partial charge in [-0.15, -0.1) is 0 Å². The molecule has 1 saturated carbocycles. The topological polar surface area (TPSA) is 93.5 Å². The van der Waals surface area contributed by atoms with Crippen molar-refractivity contribution in [2.24, 2.45) is 17.1 Å². The highest BCUT2D eigenvalue weighted by molar-refractivity contribution is 5.90. The third kappa shape index (κ3) is 2.11. The van der Waals surface area contributed by atoms with Gasteiger partial charge in [-0.25, -0.2) is 0 Å². The van der Waals surface area contributed by atoms with Crippen LogP contribution in [0.4, 0.5) is 0 Å². The lowest BCUT2D eigenvalue weighted by molar-refractivity contribution is -0.175. The molecule has 0 bridgehead atoms. The Kier molecular flexibility index (Phi) is 4.07. The maximum Gasteiger partial charge on any atom is 0.241 e. The van der Waals surface area contributed by atoms with E-state index in [9.17, 15) is 9.59 Å². The van der Waals surface area contributed by atoms with Gasteiger partial charge in [0.1, 0.15) is 5.54 Å². The van der Waals surface area contributed by atoms with E-state index >= 15 is 0 Å². The second-order valence-electron chi connectivity index (χ2n) is 6.24. The predicted molar refractivity (Wildman–Crippen MR) is 74.9 cm³/mol. The SMILES string of the molecule is CCNC(=O)CCNC(=O)C1(N)C2CCOC2C1(C)C. The van der Waals surface area contributed by atoms with Crippen molar-refractivity contribution in [1.82, 2.24) is 10.6 Å². The Hall–Kier alpha value is -1.14. The number of ether oxygens (including phenoxy) is 1. The number of nitrogens with one attached hydrogen (secondary N) is 2. The summed E-state index contributed by atoms with van der Waals surface area (Å²) in [5.74, 6) is -0.144.